The molecule has 5 nitrogen and oxygen atoms in total. The van der Waals surface area contributed by atoms with Gasteiger partial charge in [0.05, 0.1) is 10.7 Å². The molecule has 1 N–H and O–H groups in total. The topological polar surface area (TPSA) is 54.3 Å². The predicted molar refractivity (Wildman–Crippen MR) is 111 cm³/mol. The largest absolute Gasteiger partial charge is 0.316 e. The fourth-order valence-corrected chi connectivity index (χ4v) is 3.55. The molecule has 1 aromatic carbocycles. The van der Waals surface area contributed by atoms with Gasteiger partial charge in [0.1, 0.15) is 5.57 Å². The third kappa shape index (κ3) is 3.46. The Bertz CT molecular complexity index is 1010. The van der Waals surface area contributed by atoms with Crippen LogP contribution in [0, 0.1) is 13.8 Å². The van der Waals surface area contributed by atoms with Gasteiger partial charge in [-0.15, -0.1) is 6.58 Å². The summed E-state index contributed by atoms with van der Waals surface area (Å²) in [6.07, 6.45) is 3.15. The van der Waals surface area contributed by atoms with Gasteiger partial charge in [0.15, 0.2) is 5.11 Å². The molecule has 27 heavy (non-hydrogen) atoms. The van der Waals surface area contributed by atoms with E-state index in [1.54, 1.807) is 12.2 Å². The van der Waals surface area contributed by atoms with Gasteiger partial charge in [-0.05, 0) is 55.9 Å². The number of rotatable bonds is 4. The Labute approximate surface area is 167 Å². The Morgan fingerprint density at radius 2 is 1.96 bits per heavy atom. The van der Waals surface area contributed by atoms with Crippen molar-refractivity contribution in [3.05, 3.63) is 70.5 Å². The summed E-state index contributed by atoms with van der Waals surface area (Å²) in [5.41, 5.74) is 3.45. The minimum absolute atomic E-state index is 0.0323. The lowest BCUT2D eigenvalue weighted by Gasteiger charge is -2.27. The maximum Gasteiger partial charge on any atom is 0.265 e. The van der Waals surface area contributed by atoms with Crippen molar-refractivity contribution in [2.75, 3.05) is 6.54 Å². The van der Waals surface area contributed by atoms with Crippen molar-refractivity contribution >= 4 is 46.8 Å². The molecule has 3 rings (SSSR count). The second kappa shape index (κ2) is 7.50. The van der Waals surface area contributed by atoms with Crippen molar-refractivity contribution in [1.29, 1.82) is 0 Å². The first kappa shape index (κ1) is 19.1. The highest BCUT2D eigenvalue weighted by atomic mass is 35.5. The van der Waals surface area contributed by atoms with Gasteiger partial charge in [0, 0.05) is 17.9 Å². The second-order valence-electron chi connectivity index (χ2n) is 6.14. The Hall–Kier alpha value is -2.70. The molecule has 2 amide bonds. The molecule has 7 heteroatoms. The monoisotopic (exact) mass is 399 g/mol. The van der Waals surface area contributed by atoms with Crippen LogP contribution in [0.4, 0.5) is 0 Å². The second-order valence-corrected chi connectivity index (χ2v) is 6.93. The van der Waals surface area contributed by atoms with Crippen molar-refractivity contribution in [3.8, 4) is 5.69 Å². The van der Waals surface area contributed by atoms with Crippen LogP contribution in [0.25, 0.3) is 11.8 Å². The number of benzene rings is 1. The Balaban J connectivity index is 2.07. The number of hydrogen-bond acceptors (Lipinski definition) is 3. The van der Waals surface area contributed by atoms with Crippen molar-refractivity contribution < 1.29 is 9.59 Å². The number of aromatic nitrogens is 1. The average Bonchev–Trinajstić information content (AvgIpc) is 2.89. The lowest BCUT2D eigenvalue weighted by Crippen LogP contribution is -2.53. The highest BCUT2D eigenvalue weighted by Crippen LogP contribution is 2.28. The summed E-state index contributed by atoms with van der Waals surface area (Å²) in [6.45, 7) is 7.71. The number of carbonyl (C=O) groups is 2. The van der Waals surface area contributed by atoms with E-state index >= 15 is 0 Å². The number of halogens is 1. The normalized spacial score (nSPS) is 16.0. The van der Waals surface area contributed by atoms with Gasteiger partial charge >= 0.3 is 0 Å². The van der Waals surface area contributed by atoms with Gasteiger partial charge in [0.2, 0.25) is 0 Å². The summed E-state index contributed by atoms with van der Waals surface area (Å²) < 4.78 is 1.99. The van der Waals surface area contributed by atoms with E-state index in [1.165, 1.54) is 4.90 Å². The molecule has 1 fully saturated rings. The highest BCUT2D eigenvalue weighted by Gasteiger charge is 2.32. The van der Waals surface area contributed by atoms with E-state index < -0.39 is 11.8 Å². The molecular weight excluding hydrogens is 382 g/mol. The van der Waals surface area contributed by atoms with E-state index in [4.69, 9.17) is 23.8 Å². The fraction of sp³-hybridized carbons (Fsp3) is 0.150. The lowest BCUT2D eigenvalue weighted by atomic mass is 10.1. The number of para-hydroxylation sites is 1. The van der Waals surface area contributed by atoms with E-state index in [-0.39, 0.29) is 17.2 Å². The molecule has 0 saturated carbocycles. The van der Waals surface area contributed by atoms with Crippen LogP contribution < -0.4 is 5.32 Å². The minimum atomic E-state index is -0.507. The van der Waals surface area contributed by atoms with Crippen LogP contribution in [0.2, 0.25) is 5.02 Å². The van der Waals surface area contributed by atoms with Crippen molar-refractivity contribution in [2.45, 2.75) is 13.8 Å². The lowest BCUT2D eigenvalue weighted by molar-refractivity contribution is -0.128. The number of carbonyl (C=O) groups excluding carboxylic acids is 2. The molecule has 1 aliphatic rings. The van der Waals surface area contributed by atoms with Crippen LogP contribution in [-0.2, 0) is 9.59 Å². The Morgan fingerprint density at radius 3 is 2.63 bits per heavy atom. The summed E-state index contributed by atoms with van der Waals surface area (Å²) in [7, 11) is 0. The Morgan fingerprint density at radius 1 is 1.26 bits per heavy atom. The van der Waals surface area contributed by atoms with Gasteiger partial charge in [-0.1, -0.05) is 29.8 Å². The van der Waals surface area contributed by atoms with Gasteiger partial charge in [-0.2, -0.15) is 0 Å². The summed E-state index contributed by atoms with van der Waals surface area (Å²) in [5.74, 6) is -0.945. The molecule has 138 valence electrons. The van der Waals surface area contributed by atoms with Gasteiger partial charge in [0.25, 0.3) is 11.8 Å². The number of nitrogens with one attached hydrogen (secondary N) is 1. The zero-order valence-corrected chi connectivity index (χ0v) is 16.5. The first-order valence-corrected chi connectivity index (χ1v) is 9.07. The number of amides is 2. The van der Waals surface area contributed by atoms with E-state index in [0.29, 0.717) is 5.02 Å². The zero-order chi connectivity index (χ0) is 19.7. The highest BCUT2D eigenvalue weighted by molar-refractivity contribution is 7.80. The smallest absolute Gasteiger partial charge is 0.265 e. The summed E-state index contributed by atoms with van der Waals surface area (Å²) in [4.78, 5) is 26.3. The van der Waals surface area contributed by atoms with E-state index in [9.17, 15) is 9.59 Å². The molecule has 1 aliphatic heterocycles. The molecule has 0 aliphatic carbocycles. The van der Waals surface area contributed by atoms with Crippen LogP contribution in [0.15, 0.2) is 48.6 Å². The number of aryl methyl sites for hydroxylation is 1. The van der Waals surface area contributed by atoms with Crippen molar-refractivity contribution in [1.82, 2.24) is 14.8 Å². The summed E-state index contributed by atoms with van der Waals surface area (Å²) in [5, 5.41) is 3.25. The van der Waals surface area contributed by atoms with Crippen molar-refractivity contribution in [3.63, 3.8) is 0 Å². The number of nitrogens with zero attached hydrogens (tertiary/aromatic N) is 2. The maximum absolute atomic E-state index is 12.7. The van der Waals surface area contributed by atoms with Crippen molar-refractivity contribution in [2.24, 2.45) is 0 Å². The minimum Gasteiger partial charge on any atom is -0.316 e. The van der Waals surface area contributed by atoms with Gasteiger partial charge in [-0.3, -0.25) is 19.8 Å². The van der Waals surface area contributed by atoms with Crippen LogP contribution in [0.5, 0.6) is 0 Å². The quantitative estimate of drug-likeness (QED) is 0.370. The summed E-state index contributed by atoms with van der Waals surface area (Å²) >= 11 is 11.4. The Kier molecular flexibility index (Phi) is 5.30. The molecule has 0 unspecified atom stereocenters. The first-order valence-electron chi connectivity index (χ1n) is 8.28. The molecule has 0 spiro atoms. The van der Waals surface area contributed by atoms with Gasteiger partial charge < -0.3 is 4.57 Å². The third-order valence-corrected chi connectivity index (χ3v) is 5.00. The zero-order valence-electron chi connectivity index (χ0n) is 15.0. The SMILES string of the molecule is C=CCN1C(=O)/C(=C/c2cc(C)n(-c3ccccc3Cl)c2C)C(=O)NC1=S. The number of hydrogen-bond donors (Lipinski definition) is 1. The standard InChI is InChI=1S/C20H18ClN3O2S/c1-4-9-23-19(26)15(18(25)22-20(23)27)11-14-10-12(2)24(13(14)3)17-8-6-5-7-16(17)21/h4-8,10-11H,1,9H2,2-3H3,(H,22,25,27)/b15-11+. The summed E-state index contributed by atoms with van der Waals surface area (Å²) in [6, 6.07) is 9.43. The maximum atomic E-state index is 12.7. The average molecular weight is 400 g/mol. The van der Waals surface area contributed by atoms with Gasteiger partial charge in [-0.25, -0.2) is 0 Å². The molecule has 0 bridgehead atoms. The molecule has 0 atom stereocenters. The van der Waals surface area contributed by atoms with Crippen LogP contribution in [-0.4, -0.2) is 32.9 Å². The third-order valence-electron chi connectivity index (χ3n) is 4.36. The molecule has 1 aromatic heterocycles. The molecular formula is C20H18ClN3O2S. The predicted octanol–water partition coefficient (Wildman–Crippen LogP) is 3.56. The molecule has 2 aromatic rings. The fourth-order valence-electron chi connectivity index (χ4n) is 3.08. The molecule has 2 heterocycles. The first-order chi connectivity index (χ1) is 12.8. The van der Waals surface area contributed by atoms with Crippen LogP contribution in [0.1, 0.15) is 17.0 Å². The van der Waals surface area contributed by atoms with Crippen LogP contribution >= 0.6 is 23.8 Å². The molecule has 1 saturated heterocycles. The van der Waals surface area contributed by atoms with E-state index in [2.05, 4.69) is 11.9 Å². The number of thiocarbonyl (C=S) groups is 1. The molecule has 0 radical (unpaired) electrons. The van der Waals surface area contributed by atoms with E-state index in [0.717, 1.165) is 22.6 Å². The van der Waals surface area contributed by atoms with Crippen LogP contribution in [0.3, 0.4) is 0 Å². The van der Waals surface area contributed by atoms with E-state index in [1.807, 2.05) is 48.7 Å².